The molecular weight excluding hydrogens is 561 g/mol. The Morgan fingerprint density at radius 3 is 2.56 bits per heavy atom. The Balaban J connectivity index is 1.12. The van der Waals surface area contributed by atoms with Gasteiger partial charge in [-0.1, -0.05) is 30.3 Å². The maximum Gasteiger partial charge on any atom is 0.417 e. The van der Waals surface area contributed by atoms with Crippen LogP contribution in [0.1, 0.15) is 38.7 Å². The van der Waals surface area contributed by atoms with Gasteiger partial charge in [-0.3, -0.25) is 9.59 Å². The summed E-state index contributed by atoms with van der Waals surface area (Å²) in [7, 11) is 0. The second kappa shape index (κ2) is 11.4. The minimum atomic E-state index is -4.44. The molecule has 2 aliphatic rings. The van der Waals surface area contributed by atoms with Crippen molar-refractivity contribution in [1.82, 2.24) is 20.1 Å². The lowest BCUT2D eigenvalue weighted by molar-refractivity contribution is -0.137. The van der Waals surface area contributed by atoms with Crippen LogP contribution >= 0.6 is 0 Å². The van der Waals surface area contributed by atoms with Gasteiger partial charge in [0.25, 0.3) is 11.5 Å². The second-order valence-corrected chi connectivity index (χ2v) is 10.6. The summed E-state index contributed by atoms with van der Waals surface area (Å²) in [5.74, 6) is 0.844. The number of hydrogen-bond acceptors (Lipinski definition) is 7. The number of anilines is 2. The van der Waals surface area contributed by atoms with Gasteiger partial charge in [0.15, 0.2) is 0 Å². The SMILES string of the molecule is Cc1c(N2Cc3ccccc3C2COc2cccc(C(=O)N3CCN(c4ccc(C(F)(F)F)cn4)CC3)c2)cn[nH]c1=O. The fraction of sp³-hybridized carbons (Fsp3) is 0.290. The molecule has 0 bridgehead atoms. The fourth-order valence-corrected chi connectivity index (χ4v) is 5.59. The Kier molecular flexibility index (Phi) is 7.51. The topological polar surface area (TPSA) is 94.7 Å². The number of carbonyl (C=O) groups excluding carboxylic acids is 1. The number of aromatic amines is 1. The maximum absolute atomic E-state index is 13.3. The Morgan fingerprint density at radius 2 is 1.81 bits per heavy atom. The van der Waals surface area contributed by atoms with Crippen molar-refractivity contribution >= 4 is 17.4 Å². The number of rotatable bonds is 6. The van der Waals surface area contributed by atoms with Crippen LogP contribution in [0, 0.1) is 6.92 Å². The van der Waals surface area contributed by atoms with Crippen molar-refractivity contribution in [1.29, 1.82) is 0 Å². The van der Waals surface area contributed by atoms with Crippen LogP contribution in [0.25, 0.3) is 0 Å². The molecule has 0 radical (unpaired) electrons. The highest BCUT2D eigenvalue weighted by Crippen LogP contribution is 2.38. The van der Waals surface area contributed by atoms with Crippen LogP contribution in [0.3, 0.4) is 0 Å². The molecule has 0 spiro atoms. The number of nitrogens with one attached hydrogen (secondary N) is 1. The second-order valence-electron chi connectivity index (χ2n) is 10.6. The Hall–Kier alpha value is -4.87. The number of pyridine rings is 1. The molecule has 6 rings (SSSR count). The molecule has 0 aliphatic carbocycles. The number of aromatic nitrogens is 3. The van der Waals surface area contributed by atoms with E-state index in [9.17, 15) is 22.8 Å². The first-order valence-corrected chi connectivity index (χ1v) is 13.9. The van der Waals surface area contributed by atoms with Crippen LogP contribution in [-0.4, -0.2) is 58.8 Å². The summed E-state index contributed by atoms with van der Waals surface area (Å²) < 4.78 is 44.9. The van der Waals surface area contributed by atoms with Crippen molar-refractivity contribution < 1.29 is 22.7 Å². The highest BCUT2D eigenvalue weighted by molar-refractivity contribution is 5.94. The standard InChI is InChI=1S/C31H29F3N6O3/c1-20-26(17-36-37-29(20)41)40-18-22-5-2-3-8-25(22)27(40)19-43-24-7-4-6-21(15-24)30(42)39-13-11-38(12-14-39)28-10-9-23(16-35-28)31(32,33)34/h2-10,15-17,27H,11-14,18-19H2,1H3,(H,37,41). The summed E-state index contributed by atoms with van der Waals surface area (Å²) in [5.41, 5.74) is 3.02. The molecule has 12 heteroatoms. The lowest BCUT2D eigenvalue weighted by Gasteiger charge is -2.35. The molecule has 4 aromatic rings. The summed E-state index contributed by atoms with van der Waals surface area (Å²) in [5, 5.41) is 6.48. The molecule has 1 N–H and O–H groups in total. The van der Waals surface area contributed by atoms with E-state index >= 15 is 0 Å². The average molecular weight is 591 g/mol. The minimum absolute atomic E-state index is 0.150. The van der Waals surface area contributed by atoms with Gasteiger partial charge in [0.2, 0.25) is 0 Å². The summed E-state index contributed by atoms with van der Waals surface area (Å²) in [4.78, 5) is 35.3. The van der Waals surface area contributed by atoms with E-state index in [2.05, 4.69) is 32.2 Å². The quantitative estimate of drug-likeness (QED) is 0.351. The summed E-state index contributed by atoms with van der Waals surface area (Å²) in [6.45, 7) is 4.39. The van der Waals surface area contributed by atoms with Gasteiger partial charge in [0, 0.05) is 50.0 Å². The molecule has 0 saturated carbocycles. The molecule has 4 heterocycles. The molecule has 2 aliphatic heterocycles. The average Bonchev–Trinajstić information content (AvgIpc) is 3.39. The van der Waals surface area contributed by atoms with E-state index in [1.165, 1.54) is 6.07 Å². The van der Waals surface area contributed by atoms with Crippen LogP contribution in [-0.2, 0) is 12.7 Å². The first-order chi connectivity index (χ1) is 20.7. The van der Waals surface area contributed by atoms with Crippen molar-refractivity contribution in [2.45, 2.75) is 25.7 Å². The van der Waals surface area contributed by atoms with Crippen molar-refractivity contribution in [3.63, 3.8) is 0 Å². The number of fused-ring (bicyclic) bond motifs is 1. The lowest BCUT2D eigenvalue weighted by atomic mass is 10.1. The predicted octanol–water partition coefficient (Wildman–Crippen LogP) is 4.59. The van der Waals surface area contributed by atoms with Crippen LogP contribution < -0.4 is 20.1 Å². The summed E-state index contributed by atoms with van der Waals surface area (Å²) >= 11 is 0. The zero-order valence-electron chi connectivity index (χ0n) is 23.3. The van der Waals surface area contributed by atoms with Gasteiger partial charge in [-0.05, 0) is 48.4 Å². The molecule has 1 amide bonds. The first kappa shape index (κ1) is 28.3. The summed E-state index contributed by atoms with van der Waals surface area (Å²) in [6.07, 6.45) is -1.95. The van der Waals surface area contributed by atoms with Crippen LogP contribution in [0.5, 0.6) is 5.75 Å². The van der Waals surface area contributed by atoms with Crippen LogP contribution in [0.4, 0.5) is 24.7 Å². The monoisotopic (exact) mass is 590 g/mol. The molecule has 1 unspecified atom stereocenters. The highest BCUT2D eigenvalue weighted by atomic mass is 19.4. The van der Waals surface area contributed by atoms with Gasteiger partial charge in [-0.15, -0.1) is 0 Å². The van der Waals surface area contributed by atoms with E-state index in [0.29, 0.717) is 62.0 Å². The number of ether oxygens (including phenoxy) is 1. The van der Waals surface area contributed by atoms with Crippen LogP contribution in [0.2, 0.25) is 0 Å². The van der Waals surface area contributed by atoms with Crippen molar-refractivity contribution in [3.05, 3.63) is 111 Å². The third kappa shape index (κ3) is 5.77. The molecule has 1 atom stereocenters. The number of alkyl halides is 3. The fourth-order valence-electron chi connectivity index (χ4n) is 5.59. The smallest absolute Gasteiger partial charge is 0.417 e. The maximum atomic E-state index is 13.3. The van der Waals surface area contributed by atoms with Gasteiger partial charge in [0.1, 0.15) is 18.2 Å². The Morgan fingerprint density at radius 1 is 1.02 bits per heavy atom. The predicted molar refractivity (Wildman–Crippen MR) is 154 cm³/mol. The third-order valence-electron chi connectivity index (χ3n) is 7.97. The minimum Gasteiger partial charge on any atom is -0.491 e. The Bertz CT molecular complexity index is 1680. The number of H-pyrrole nitrogens is 1. The molecule has 1 fully saturated rings. The number of halogens is 3. The van der Waals surface area contributed by atoms with Gasteiger partial charge >= 0.3 is 6.18 Å². The lowest BCUT2D eigenvalue weighted by Crippen LogP contribution is -2.49. The molecule has 1 saturated heterocycles. The number of hydrogen-bond donors (Lipinski definition) is 1. The van der Waals surface area contributed by atoms with E-state index < -0.39 is 11.7 Å². The van der Waals surface area contributed by atoms with E-state index in [0.717, 1.165) is 29.1 Å². The van der Waals surface area contributed by atoms with Gasteiger partial charge < -0.3 is 19.4 Å². The number of piperazine rings is 1. The van der Waals surface area contributed by atoms with Gasteiger partial charge in [-0.2, -0.15) is 18.3 Å². The zero-order chi connectivity index (χ0) is 30.1. The van der Waals surface area contributed by atoms with E-state index in [4.69, 9.17) is 4.74 Å². The van der Waals surface area contributed by atoms with Crippen molar-refractivity contribution in [2.75, 3.05) is 42.6 Å². The number of nitrogens with zero attached hydrogens (tertiary/aromatic N) is 5. The Labute approximate surface area is 245 Å². The number of carbonyl (C=O) groups is 1. The molecule has 2 aromatic heterocycles. The molecule has 9 nitrogen and oxygen atoms in total. The van der Waals surface area contributed by atoms with Gasteiger partial charge in [0.05, 0.1) is 23.5 Å². The number of amides is 1. The van der Waals surface area contributed by atoms with E-state index in [-0.39, 0.29) is 17.5 Å². The largest absolute Gasteiger partial charge is 0.491 e. The van der Waals surface area contributed by atoms with Gasteiger partial charge in [-0.25, -0.2) is 10.1 Å². The zero-order valence-corrected chi connectivity index (χ0v) is 23.3. The molecule has 222 valence electrons. The normalized spacial score (nSPS) is 16.7. The molecular formula is C31H29F3N6O3. The highest BCUT2D eigenvalue weighted by Gasteiger charge is 2.33. The third-order valence-corrected chi connectivity index (χ3v) is 7.97. The van der Waals surface area contributed by atoms with E-state index in [1.54, 1.807) is 42.3 Å². The van der Waals surface area contributed by atoms with E-state index in [1.807, 2.05) is 17.0 Å². The first-order valence-electron chi connectivity index (χ1n) is 13.9. The molecule has 43 heavy (non-hydrogen) atoms. The van der Waals surface area contributed by atoms with Crippen LogP contribution in [0.15, 0.2) is 77.9 Å². The number of benzene rings is 2. The van der Waals surface area contributed by atoms with Crippen molar-refractivity contribution in [3.8, 4) is 5.75 Å². The summed E-state index contributed by atoms with van der Waals surface area (Å²) in [6, 6.07) is 17.3. The molecule has 2 aromatic carbocycles. The van der Waals surface area contributed by atoms with Crippen molar-refractivity contribution in [2.24, 2.45) is 0 Å².